The van der Waals surface area contributed by atoms with Gasteiger partial charge in [-0.15, -0.1) is 0 Å². The summed E-state index contributed by atoms with van der Waals surface area (Å²) in [6.07, 6.45) is 1.12. The molecule has 0 heterocycles. The van der Waals surface area contributed by atoms with Gasteiger partial charge < -0.3 is 5.73 Å². The van der Waals surface area contributed by atoms with Crippen LogP contribution in [0.5, 0.6) is 0 Å². The monoisotopic (exact) mass is 256 g/mol. The highest BCUT2D eigenvalue weighted by molar-refractivity contribution is 5.86. The quantitative estimate of drug-likeness (QED) is 0.836. The molecule has 2 aromatic rings. The first kappa shape index (κ1) is 13.9. The molecule has 102 valence electrons. The molecule has 0 atom stereocenters. The lowest BCUT2D eigenvalue weighted by molar-refractivity contribution is 0.143. The van der Waals surface area contributed by atoms with Crippen LogP contribution in [-0.2, 0) is 6.54 Å². The fourth-order valence-corrected chi connectivity index (χ4v) is 2.18. The van der Waals surface area contributed by atoms with E-state index in [-0.39, 0.29) is 5.54 Å². The molecule has 0 aliphatic heterocycles. The van der Waals surface area contributed by atoms with Gasteiger partial charge in [-0.25, -0.2) is 0 Å². The molecule has 0 saturated carbocycles. The van der Waals surface area contributed by atoms with Gasteiger partial charge in [0.05, 0.1) is 0 Å². The minimum absolute atomic E-state index is 0.193. The van der Waals surface area contributed by atoms with Crippen molar-refractivity contribution < 1.29 is 0 Å². The number of hydrogen-bond acceptors (Lipinski definition) is 2. The van der Waals surface area contributed by atoms with Gasteiger partial charge in [-0.05, 0) is 55.8 Å². The molecular formula is C17H24N2. The Morgan fingerprint density at radius 1 is 1.11 bits per heavy atom. The fraction of sp³-hybridized carbons (Fsp3) is 0.412. The topological polar surface area (TPSA) is 29.3 Å². The van der Waals surface area contributed by atoms with Crippen LogP contribution in [0.2, 0.25) is 0 Å². The average Bonchev–Trinajstić information content (AvgIpc) is 2.39. The predicted molar refractivity (Wildman–Crippen MR) is 84.2 cm³/mol. The van der Waals surface area contributed by atoms with Crippen molar-refractivity contribution in [1.29, 1.82) is 0 Å². The van der Waals surface area contributed by atoms with Gasteiger partial charge in [0.15, 0.2) is 0 Å². The van der Waals surface area contributed by atoms with E-state index in [4.69, 9.17) is 5.73 Å². The van der Waals surface area contributed by atoms with Crippen molar-refractivity contribution in [2.75, 3.05) is 12.8 Å². The second kappa shape index (κ2) is 5.22. The molecule has 0 saturated heterocycles. The largest absolute Gasteiger partial charge is 0.398 e. The number of benzene rings is 2. The summed E-state index contributed by atoms with van der Waals surface area (Å²) in [7, 11) is 2.16. The maximum Gasteiger partial charge on any atom is 0.0366 e. The Hall–Kier alpha value is -1.54. The minimum atomic E-state index is 0.193. The number of nitrogen functional groups attached to an aromatic ring is 1. The third-order valence-corrected chi connectivity index (χ3v) is 4.31. The van der Waals surface area contributed by atoms with Crippen molar-refractivity contribution in [3.05, 3.63) is 42.0 Å². The molecule has 2 heteroatoms. The number of rotatable bonds is 4. The number of hydrogen-bond donors (Lipinski definition) is 1. The lowest BCUT2D eigenvalue weighted by Crippen LogP contribution is -2.39. The highest BCUT2D eigenvalue weighted by atomic mass is 15.2. The first-order chi connectivity index (χ1) is 8.94. The molecule has 0 radical (unpaired) electrons. The standard InChI is InChI=1S/C17H24N2/c1-5-17(2,3)19(4)12-15-10-13-8-6-7-9-14(13)11-16(15)18/h6-11H,5,12,18H2,1-4H3. The van der Waals surface area contributed by atoms with Crippen molar-refractivity contribution in [2.24, 2.45) is 0 Å². The third kappa shape index (κ3) is 2.90. The molecular weight excluding hydrogens is 232 g/mol. The fourth-order valence-electron chi connectivity index (χ4n) is 2.18. The molecule has 0 unspecified atom stereocenters. The third-order valence-electron chi connectivity index (χ3n) is 4.31. The van der Waals surface area contributed by atoms with Gasteiger partial charge >= 0.3 is 0 Å². The first-order valence-corrected chi connectivity index (χ1v) is 6.92. The summed E-state index contributed by atoms with van der Waals surface area (Å²) < 4.78 is 0. The van der Waals surface area contributed by atoms with Gasteiger partial charge in [-0.1, -0.05) is 31.2 Å². The van der Waals surface area contributed by atoms with Gasteiger partial charge in [-0.3, -0.25) is 4.90 Å². The van der Waals surface area contributed by atoms with Crippen LogP contribution in [0.25, 0.3) is 10.8 Å². The molecule has 19 heavy (non-hydrogen) atoms. The average molecular weight is 256 g/mol. The van der Waals surface area contributed by atoms with Gasteiger partial charge in [0.2, 0.25) is 0 Å². The predicted octanol–water partition coefficient (Wildman–Crippen LogP) is 4.04. The Balaban J connectivity index is 2.33. The molecule has 0 fully saturated rings. The van der Waals surface area contributed by atoms with E-state index >= 15 is 0 Å². The zero-order valence-electron chi connectivity index (χ0n) is 12.4. The summed E-state index contributed by atoms with van der Waals surface area (Å²) in [4.78, 5) is 2.37. The van der Waals surface area contributed by atoms with E-state index in [0.717, 1.165) is 18.7 Å². The second-order valence-electron chi connectivity index (χ2n) is 5.92. The van der Waals surface area contributed by atoms with Gasteiger partial charge in [-0.2, -0.15) is 0 Å². The zero-order valence-corrected chi connectivity index (χ0v) is 12.4. The van der Waals surface area contributed by atoms with Crippen LogP contribution in [0, 0.1) is 0 Å². The van der Waals surface area contributed by atoms with E-state index in [1.165, 1.54) is 16.3 Å². The molecule has 2 nitrogen and oxygen atoms in total. The van der Waals surface area contributed by atoms with E-state index in [0.29, 0.717) is 0 Å². The maximum absolute atomic E-state index is 6.19. The van der Waals surface area contributed by atoms with Crippen LogP contribution < -0.4 is 5.73 Å². The molecule has 0 aliphatic rings. The van der Waals surface area contributed by atoms with Gasteiger partial charge in [0.25, 0.3) is 0 Å². The van der Waals surface area contributed by atoms with E-state index in [1.807, 2.05) is 6.07 Å². The van der Waals surface area contributed by atoms with Crippen molar-refractivity contribution in [2.45, 2.75) is 39.3 Å². The van der Waals surface area contributed by atoms with E-state index < -0.39 is 0 Å². The molecule has 0 amide bonds. The summed E-state index contributed by atoms with van der Waals surface area (Å²) >= 11 is 0. The minimum Gasteiger partial charge on any atom is -0.398 e. The molecule has 2 aromatic carbocycles. The van der Waals surface area contributed by atoms with Crippen molar-refractivity contribution >= 4 is 16.5 Å². The summed E-state index contributed by atoms with van der Waals surface area (Å²) in [5.41, 5.74) is 8.48. The van der Waals surface area contributed by atoms with Gasteiger partial charge in [0, 0.05) is 17.8 Å². The number of anilines is 1. The number of nitrogens with zero attached hydrogens (tertiary/aromatic N) is 1. The molecule has 0 aliphatic carbocycles. The Morgan fingerprint density at radius 3 is 2.26 bits per heavy atom. The SMILES string of the molecule is CCC(C)(C)N(C)Cc1cc2ccccc2cc1N. The van der Waals surface area contributed by atoms with E-state index in [1.54, 1.807) is 0 Å². The lowest BCUT2D eigenvalue weighted by Gasteiger charge is -2.35. The molecule has 2 rings (SSSR count). The van der Waals surface area contributed by atoms with Crippen molar-refractivity contribution in [3.8, 4) is 0 Å². The second-order valence-corrected chi connectivity index (χ2v) is 5.92. The normalized spacial score (nSPS) is 12.3. The zero-order chi connectivity index (χ0) is 14.0. The molecule has 0 spiro atoms. The highest BCUT2D eigenvalue weighted by Crippen LogP contribution is 2.25. The maximum atomic E-state index is 6.19. The van der Waals surface area contributed by atoms with Crippen LogP contribution in [-0.4, -0.2) is 17.5 Å². The van der Waals surface area contributed by atoms with Gasteiger partial charge in [0.1, 0.15) is 0 Å². The lowest BCUT2D eigenvalue weighted by atomic mass is 9.98. The van der Waals surface area contributed by atoms with Crippen LogP contribution in [0.4, 0.5) is 5.69 Å². The Kier molecular flexibility index (Phi) is 3.81. The number of nitrogens with two attached hydrogens (primary N) is 1. The summed E-state index contributed by atoms with van der Waals surface area (Å²) in [5, 5.41) is 2.47. The van der Waals surface area contributed by atoms with Crippen molar-refractivity contribution in [1.82, 2.24) is 4.90 Å². The van der Waals surface area contributed by atoms with Crippen LogP contribution >= 0.6 is 0 Å². The Labute approximate surface area is 116 Å². The molecule has 2 N–H and O–H groups in total. The summed E-state index contributed by atoms with van der Waals surface area (Å²) in [5.74, 6) is 0. The van der Waals surface area contributed by atoms with Crippen LogP contribution in [0.15, 0.2) is 36.4 Å². The van der Waals surface area contributed by atoms with Crippen LogP contribution in [0.3, 0.4) is 0 Å². The van der Waals surface area contributed by atoms with E-state index in [9.17, 15) is 0 Å². The van der Waals surface area contributed by atoms with Crippen LogP contribution in [0.1, 0.15) is 32.8 Å². The number of fused-ring (bicyclic) bond motifs is 1. The first-order valence-electron chi connectivity index (χ1n) is 6.92. The highest BCUT2D eigenvalue weighted by Gasteiger charge is 2.21. The summed E-state index contributed by atoms with van der Waals surface area (Å²) in [6.45, 7) is 7.65. The smallest absolute Gasteiger partial charge is 0.0366 e. The van der Waals surface area contributed by atoms with Crippen molar-refractivity contribution in [3.63, 3.8) is 0 Å². The molecule has 0 bridgehead atoms. The summed E-state index contributed by atoms with van der Waals surface area (Å²) in [6, 6.07) is 12.7. The Morgan fingerprint density at radius 2 is 1.68 bits per heavy atom. The van der Waals surface area contributed by atoms with E-state index in [2.05, 4.69) is 63.1 Å². The molecule has 0 aromatic heterocycles. The Bertz CT molecular complexity index is 572.